The molecule has 0 aliphatic rings. The highest BCUT2D eigenvalue weighted by atomic mass is 16.5. The van der Waals surface area contributed by atoms with Crippen molar-refractivity contribution in [2.45, 2.75) is 52.8 Å². The van der Waals surface area contributed by atoms with E-state index in [1.54, 1.807) is 23.4 Å². The Kier molecular flexibility index (Phi) is 7.62. The van der Waals surface area contributed by atoms with Crippen molar-refractivity contribution in [2.24, 2.45) is 0 Å². The van der Waals surface area contributed by atoms with Crippen LogP contribution in [0, 0.1) is 0 Å². The standard InChI is InChI=1S/C26H32N8O2/c1-5-34-20(9-11-33(16-35)17(2)3)14-24(32-34)31-23-13-19-12-22(30-26(27)21(19)15-29-23)18(4)36-25-8-6-7-10-28-25/h6-8,10,12-18H,5,9,11H2,1-4H3,(H2,27,30)(H,29,31,32). The van der Waals surface area contributed by atoms with Gasteiger partial charge < -0.3 is 20.7 Å². The minimum Gasteiger partial charge on any atom is -0.468 e. The predicted octanol–water partition coefficient (Wildman–Crippen LogP) is 4.12. The van der Waals surface area contributed by atoms with Gasteiger partial charge in [0, 0.05) is 61.2 Å². The van der Waals surface area contributed by atoms with Crippen molar-refractivity contribution in [3.63, 3.8) is 0 Å². The molecular formula is C26H32N8O2. The Morgan fingerprint density at radius 1 is 1.17 bits per heavy atom. The van der Waals surface area contributed by atoms with E-state index in [0.717, 1.165) is 29.4 Å². The number of carbonyl (C=O) groups is 1. The van der Waals surface area contributed by atoms with Crippen molar-refractivity contribution in [1.82, 2.24) is 29.6 Å². The molecule has 10 heteroatoms. The number of rotatable bonds is 11. The lowest BCUT2D eigenvalue weighted by molar-refractivity contribution is -0.119. The van der Waals surface area contributed by atoms with Gasteiger partial charge in [-0.25, -0.2) is 15.0 Å². The number of ether oxygens (including phenoxy) is 1. The highest BCUT2D eigenvalue weighted by Gasteiger charge is 2.15. The van der Waals surface area contributed by atoms with Crippen LogP contribution >= 0.6 is 0 Å². The second kappa shape index (κ2) is 11.0. The van der Waals surface area contributed by atoms with Gasteiger partial charge >= 0.3 is 0 Å². The first-order valence-electron chi connectivity index (χ1n) is 12.1. The molecule has 0 saturated heterocycles. The van der Waals surface area contributed by atoms with Gasteiger partial charge in [0.25, 0.3) is 0 Å². The maximum Gasteiger partial charge on any atom is 0.213 e. The van der Waals surface area contributed by atoms with Crippen LogP contribution in [0.5, 0.6) is 5.88 Å². The number of pyridine rings is 3. The maximum atomic E-state index is 11.3. The fourth-order valence-corrected chi connectivity index (χ4v) is 3.93. The average molecular weight is 489 g/mol. The molecule has 1 atom stereocenters. The molecule has 0 bridgehead atoms. The van der Waals surface area contributed by atoms with Gasteiger partial charge in [-0.05, 0) is 51.3 Å². The molecule has 1 unspecified atom stereocenters. The largest absolute Gasteiger partial charge is 0.468 e. The van der Waals surface area contributed by atoms with Crippen LogP contribution in [0.25, 0.3) is 10.8 Å². The molecule has 36 heavy (non-hydrogen) atoms. The summed E-state index contributed by atoms with van der Waals surface area (Å²) in [5.74, 6) is 2.24. The minimum atomic E-state index is -0.337. The highest BCUT2D eigenvalue weighted by Crippen LogP contribution is 2.27. The first kappa shape index (κ1) is 24.9. The van der Waals surface area contributed by atoms with Crippen molar-refractivity contribution in [1.29, 1.82) is 0 Å². The summed E-state index contributed by atoms with van der Waals surface area (Å²) in [6.07, 6.45) is 4.66. The first-order chi connectivity index (χ1) is 17.4. The van der Waals surface area contributed by atoms with Crippen molar-refractivity contribution >= 4 is 34.6 Å². The van der Waals surface area contributed by atoms with E-state index in [2.05, 4.69) is 25.4 Å². The van der Waals surface area contributed by atoms with E-state index >= 15 is 0 Å². The average Bonchev–Trinajstić information content (AvgIpc) is 3.26. The minimum absolute atomic E-state index is 0.156. The van der Waals surface area contributed by atoms with Crippen molar-refractivity contribution < 1.29 is 9.53 Å². The Morgan fingerprint density at radius 3 is 2.69 bits per heavy atom. The second-order valence-corrected chi connectivity index (χ2v) is 8.80. The van der Waals surface area contributed by atoms with Gasteiger partial charge in [0.1, 0.15) is 17.7 Å². The SMILES string of the molecule is CCn1nc(Nc2cc3cc(C(C)Oc4ccccn4)nc(N)c3cn2)cc1CCN(C=O)C(C)C. The zero-order valence-corrected chi connectivity index (χ0v) is 21.0. The quantitative estimate of drug-likeness (QED) is 0.302. The number of nitrogens with two attached hydrogens (primary N) is 1. The molecule has 0 aliphatic carbocycles. The van der Waals surface area contributed by atoms with Crippen LogP contribution in [0.1, 0.15) is 45.2 Å². The summed E-state index contributed by atoms with van der Waals surface area (Å²) < 4.78 is 7.86. The van der Waals surface area contributed by atoms with Gasteiger partial charge in [0.15, 0.2) is 5.82 Å². The van der Waals surface area contributed by atoms with Crippen molar-refractivity contribution in [2.75, 3.05) is 17.6 Å². The van der Waals surface area contributed by atoms with Crippen LogP contribution in [0.4, 0.5) is 17.5 Å². The number of aromatic nitrogens is 5. The third-order valence-corrected chi connectivity index (χ3v) is 5.96. The van der Waals surface area contributed by atoms with Gasteiger partial charge in [-0.15, -0.1) is 0 Å². The topological polar surface area (TPSA) is 124 Å². The summed E-state index contributed by atoms with van der Waals surface area (Å²) in [6, 6.07) is 11.5. The second-order valence-electron chi connectivity index (χ2n) is 8.80. The molecule has 4 heterocycles. The Balaban J connectivity index is 1.54. The Hall–Kier alpha value is -4.21. The fraction of sp³-hybridized carbons (Fsp3) is 0.346. The summed E-state index contributed by atoms with van der Waals surface area (Å²) in [6.45, 7) is 9.32. The first-order valence-corrected chi connectivity index (χ1v) is 12.1. The van der Waals surface area contributed by atoms with E-state index in [-0.39, 0.29) is 12.1 Å². The van der Waals surface area contributed by atoms with E-state index in [1.165, 1.54) is 0 Å². The number of aryl methyl sites for hydroxylation is 1. The normalized spacial score (nSPS) is 12.0. The molecule has 0 aromatic carbocycles. The summed E-state index contributed by atoms with van der Waals surface area (Å²) >= 11 is 0. The molecule has 0 radical (unpaired) electrons. The Labute approximate surface area is 210 Å². The highest BCUT2D eigenvalue weighted by molar-refractivity contribution is 5.92. The molecule has 3 N–H and O–H groups in total. The summed E-state index contributed by atoms with van der Waals surface area (Å²) in [7, 11) is 0. The van der Waals surface area contributed by atoms with Gasteiger partial charge in [-0.1, -0.05) is 6.07 Å². The molecule has 0 saturated carbocycles. The van der Waals surface area contributed by atoms with Crippen LogP contribution in [0.2, 0.25) is 0 Å². The molecule has 188 valence electrons. The molecule has 4 aromatic heterocycles. The predicted molar refractivity (Wildman–Crippen MR) is 140 cm³/mol. The Morgan fingerprint density at radius 2 is 2.00 bits per heavy atom. The molecule has 0 aliphatic heterocycles. The molecule has 4 aromatic rings. The monoisotopic (exact) mass is 488 g/mol. The van der Waals surface area contributed by atoms with Crippen LogP contribution in [-0.2, 0) is 17.8 Å². The molecule has 1 amide bonds. The van der Waals surface area contributed by atoms with E-state index < -0.39 is 0 Å². The van der Waals surface area contributed by atoms with Gasteiger partial charge in [-0.2, -0.15) is 5.10 Å². The Bertz CT molecular complexity index is 1320. The van der Waals surface area contributed by atoms with Crippen LogP contribution in [0.15, 0.2) is 48.8 Å². The zero-order valence-electron chi connectivity index (χ0n) is 21.0. The zero-order chi connectivity index (χ0) is 25.7. The summed E-state index contributed by atoms with van der Waals surface area (Å²) in [5, 5.41) is 9.60. The van der Waals surface area contributed by atoms with E-state index in [9.17, 15) is 4.79 Å². The number of nitrogens with one attached hydrogen (secondary N) is 1. The van der Waals surface area contributed by atoms with Crippen LogP contribution in [0.3, 0.4) is 0 Å². The summed E-state index contributed by atoms with van der Waals surface area (Å²) in [5.41, 5.74) is 7.98. The maximum absolute atomic E-state index is 11.3. The van der Waals surface area contributed by atoms with Crippen LogP contribution < -0.4 is 15.8 Å². The molecule has 0 fully saturated rings. The molecular weight excluding hydrogens is 456 g/mol. The summed E-state index contributed by atoms with van der Waals surface area (Å²) in [4.78, 5) is 26.3. The lowest BCUT2D eigenvalue weighted by Gasteiger charge is -2.21. The number of amides is 1. The number of anilines is 3. The smallest absolute Gasteiger partial charge is 0.213 e. The van der Waals surface area contributed by atoms with E-state index in [4.69, 9.17) is 10.5 Å². The van der Waals surface area contributed by atoms with Gasteiger partial charge in [0.2, 0.25) is 12.3 Å². The van der Waals surface area contributed by atoms with E-state index in [0.29, 0.717) is 42.0 Å². The lowest BCUT2D eigenvalue weighted by Crippen LogP contribution is -2.31. The van der Waals surface area contributed by atoms with E-state index in [1.807, 2.05) is 62.7 Å². The number of fused-ring (bicyclic) bond motifs is 1. The van der Waals surface area contributed by atoms with Gasteiger partial charge in [0.05, 0.1) is 5.69 Å². The third-order valence-electron chi connectivity index (χ3n) is 5.96. The van der Waals surface area contributed by atoms with Crippen molar-refractivity contribution in [3.8, 4) is 5.88 Å². The van der Waals surface area contributed by atoms with Crippen LogP contribution in [-0.4, -0.2) is 48.6 Å². The number of carbonyl (C=O) groups excluding carboxylic acids is 1. The number of nitrogens with zero attached hydrogens (tertiary/aromatic N) is 6. The van der Waals surface area contributed by atoms with Gasteiger partial charge in [-0.3, -0.25) is 9.48 Å². The lowest BCUT2D eigenvalue weighted by atomic mass is 10.1. The molecule has 0 spiro atoms. The molecule has 4 rings (SSSR count). The van der Waals surface area contributed by atoms with Crippen molar-refractivity contribution in [3.05, 3.63) is 60.2 Å². The fourth-order valence-electron chi connectivity index (χ4n) is 3.93. The number of hydrogen-bond donors (Lipinski definition) is 2. The number of nitrogen functional groups attached to an aromatic ring is 1. The number of hydrogen-bond acceptors (Lipinski definition) is 8. The third kappa shape index (κ3) is 5.70. The molecule has 10 nitrogen and oxygen atoms in total.